The number of nitrogens with zero attached hydrogens (tertiary/aromatic N) is 1. The molecule has 2 nitrogen and oxygen atoms in total. The molecule has 0 bridgehead atoms. The van der Waals surface area contributed by atoms with Crippen molar-refractivity contribution in [1.29, 1.82) is 0 Å². The van der Waals surface area contributed by atoms with Gasteiger partial charge in [0, 0.05) is 27.6 Å². The van der Waals surface area contributed by atoms with Crippen LogP contribution in [-0.4, -0.2) is 18.9 Å². The van der Waals surface area contributed by atoms with Crippen LogP contribution in [0.5, 0.6) is 0 Å². The van der Waals surface area contributed by atoms with Gasteiger partial charge in [0.15, 0.2) is 5.78 Å². The predicted octanol–water partition coefficient (Wildman–Crippen LogP) is 2.99. The third-order valence-electron chi connectivity index (χ3n) is 2.24. The van der Waals surface area contributed by atoms with Crippen LogP contribution >= 0.6 is 31.9 Å². The quantitative estimate of drug-likeness (QED) is 0.793. The van der Waals surface area contributed by atoms with E-state index in [0.717, 1.165) is 21.2 Å². The summed E-state index contributed by atoms with van der Waals surface area (Å²) in [4.78, 5) is 13.2. The van der Waals surface area contributed by atoms with E-state index in [1.165, 1.54) is 0 Å². The molecule has 14 heavy (non-hydrogen) atoms. The van der Waals surface area contributed by atoms with E-state index in [-0.39, 0.29) is 0 Å². The summed E-state index contributed by atoms with van der Waals surface area (Å²) in [7, 11) is 0. The Morgan fingerprint density at radius 2 is 1.79 bits per heavy atom. The van der Waals surface area contributed by atoms with Crippen LogP contribution in [0.3, 0.4) is 0 Å². The maximum Gasteiger partial charge on any atom is 0.153 e. The lowest BCUT2D eigenvalue weighted by Crippen LogP contribution is -2.19. The highest BCUT2D eigenvalue weighted by Crippen LogP contribution is 2.27. The van der Waals surface area contributed by atoms with Crippen molar-refractivity contribution in [3.63, 3.8) is 0 Å². The van der Waals surface area contributed by atoms with E-state index in [2.05, 4.69) is 36.8 Å². The Kier molecular flexibility index (Phi) is 2.93. The molecule has 0 radical (unpaired) electrons. The Morgan fingerprint density at radius 1 is 1.14 bits per heavy atom. The van der Waals surface area contributed by atoms with E-state index < -0.39 is 0 Å². The average molecular weight is 319 g/mol. The molecule has 1 fully saturated rings. The molecule has 1 heterocycles. The second-order valence-corrected chi connectivity index (χ2v) is 5.17. The first-order chi connectivity index (χ1) is 6.65. The van der Waals surface area contributed by atoms with Gasteiger partial charge in [-0.25, -0.2) is 0 Å². The monoisotopic (exact) mass is 317 g/mol. The van der Waals surface area contributed by atoms with E-state index in [1.807, 2.05) is 18.2 Å². The molecule has 0 N–H and O–H groups in total. The van der Waals surface area contributed by atoms with Crippen LogP contribution in [0.25, 0.3) is 0 Å². The Labute approximate surface area is 99.5 Å². The SMILES string of the molecule is O=C1CCN(c2cc(Br)cc(Br)c2)C1. The molecule has 1 saturated heterocycles. The number of ketones is 1. The van der Waals surface area contributed by atoms with Gasteiger partial charge in [-0.3, -0.25) is 4.79 Å². The molecule has 1 aromatic rings. The van der Waals surface area contributed by atoms with Gasteiger partial charge in [0.25, 0.3) is 0 Å². The highest BCUT2D eigenvalue weighted by atomic mass is 79.9. The van der Waals surface area contributed by atoms with Gasteiger partial charge >= 0.3 is 0 Å². The van der Waals surface area contributed by atoms with Crippen LogP contribution < -0.4 is 4.90 Å². The van der Waals surface area contributed by atoms with E-state index in [4.69, 9.17) is 0 Å². The Hall–Kier alpha value is -0.350. The van der Waals surface area contributed by atoms with Crippen molar-refractivity contribution < 1.29 is 4.79 Å². The molecule has 0 spiro atoms. The summed E-state index contributed by atoms with van der Waals surface area (Å²) in [6.07, 6.45) is 0.671. The summed E-state index contributed by atoms with van der Waals surface area (Å²) >= 11 is 6.87. The standard InChI is InChI=1S/C10H9Br2NO/c11-7-3-8(12)5-9(4-7)13-2-1-10(14)6-13/h3-5H,1-2,6H2. The Balaban J connectivity index is 2.27. The summed E-state index contributed by atoms with van der Waals surface area (Å²) in [5.74, 6) is 0.320. The minimum absolute atomic E-state index is 0.320. The molecule has 0 aliphatic carbocycles. The smallest absolute Gasteiger partial charge is 0.153 e. The van der Waals surface area contributed by atoms with E-state index in [1.54, 1.807) is 0 Å². The largest absolute Gasteiger partial charge is 0.364 e. The highest BCUT2D eigenvalue weighted by molar-refractivity contribution is 9.11. The first-order valence-corrected chi connectivity index (χ1v) is 5.96. The molecule has 0 amide bonds. The number of halogens is 2. The first-order valence-electron chi connectivity index (χ1n) is 4.38. The number of hydrogen-bond acceptors (Lipinski definition) is 2. The van der Waals surface area contributed by atoms with E-state index >= 15 is 0 Å². The van der Waals surface area contributed by atoms with Gasteiger partial charge in [0.05, 0.1) is 6.54 Å². The minimum atomic E-state index is 0.320. The van der Waals surface area contributed by atoms with Gasteiger partial charge in [-0.15, -0.1) is 0 Å². The van der Waals surface area contributed by atoms with Crippen molar-refractivity contribution in [2.24, 2.45) is 0 Å². The lowest BCUT2D eigenvalue weighted by Gasteiger charge is -2.17. The zero-order valence-corrected chi connectivity index (χ0v) is 10.6. The van der Waals surface area contributed by atoms with Gasteiger partial charge in [0.2, 0.25) is 0 Å². The summed E-state index contributed by atoms with van der Waals surface area (Å²) < 4.78 is 2.06. The lowest BCUT2D eigenvalue weighted by atomic mass is 10.3. The van der Waals surface area contributed by atoms with Gasteiger partial charge in [-0.1, -0.05) is 31.9 Å². The number of anilines is 1. The molecule has 4 heteroatoms. The van der Waals surface area contributed by atoms with Crippen molar-refractivity contribution in [2.45, 2.75) is 6.42 Å². The summed E-state index contributed by atoms with van der Waals surface area (Å²) in [5, 5.41) is 0. The van der Waals surface area contributed by atoms with Gasteiger partial charge < -0.3 is 4.90 Å². The molecular weight excluding hydrogens is 310 g/mol. The van der Waals surface area contributed by atoms with Crippen LogP contribution in [0.2, 0.25) is 0 Å². The summed E-state index contributed by atoms with van der Waals surface area (Å²) in [5.41, 5.74) is 1.09. The Bertz CT molecular complexity index is 358. The number of benzene rings is 1. The van der Waals surface area contributed by atoms with Crippen molar-refractivity contribution in [1.82, 2.24) is 0 Å². The molecule has 0 aromatic heterocycles. The maximum absolute atomic E-state index is 11.1. The number of Topliss-reactive ketones (excluding diaryl/α,β-unsaturated/α-hetero) is 1. The average Bonchev–Trinajstić information content (AvgIpc) is 2.50. The molecule has 1 aromatic carbocycles. The molecule has 0 atom stereocenters. The first kappa shape index (κ1) is 10.2. The normalized spacial score (nSPS) is 16.4. The van der Waals surface area contributed by atoms with Crippen LogP contribution in [0.15, 0.2) is 27.1 Å². The summed E-state index contributed by atoms with van der Waals surface area (Å²) in [6.45, 7) is 1.38. The number of rotatable bonds is 1. The topological polar surface area (TPSA) is 20.3 Å². The van der Waals surface area contributed by atoms with Crippen molar-refractivity contribution >= 4 is 43.3 Å². The third-order valence-corrected chi connectivity index (χ3v) is 3.16. The number of carbonyl (C=O) groups is 1. The Morgan fingerprint density at radius 3 is 2.29 bits per heavy atom. The molecule has 1 aliphatic heterocycles. The minimum Gasteiger partial charge on any atom is -0.364 e. The molecule has 2 rings (SSSR count). The summed E-state index contributed by atoms with van der Waals surface area (Å²) in [6, 6.07) is 6.05. The number of carbonyl (C=O) groups excluding carboxylic acids is 1. The molecular formula is C10H9Br2NO. The molecule has 74 valence electrons. The van der Waals surface area contributed by atoms with Crippen molar-refractivity contribution in [3.05, 3.63) is 27.1 Å². The van der Waals surface area contributed by atoms with Crippen LogP contribution in [0, 0.1) is 0 Å². The van der Waals surface area contributed by atoms with Crippen LogP contribution in [0.4, 0.5) is 5.69 Å². The second kappa shape index (κ2) is 4.03. The van der Waals surface area contributed by atoms with Gasteiger partial charge in [0.1, 0.15) is 0 Å². The maximum atomic E-state index is 11.1. The van der Waals surface area contributed by atoms with Gasteiger partial charge in [-0.05, 0) is 18.2 Å². The predicted molar refractivity (Wildman–Crippen MR) is 63.7 cm³/mol. The highest BCUT2D eigenvalue weighted by Gasteiger charge is 2.19. The molecule has 1 aliphatic rings. The zero-order chi connectivity index (χ0) is 10.1. The molecule has 0 unspecified atom stereocenters. The van der Waals surface area contributed by atoms with Crippen molar-refractivity contribution in [3.8, 4) is 0 Å². The van der Waals surface area contributed by atoms with E-state index in [9.17, 15) is 4.79 Å². The fraction of sp³-hybridized carbons (Fsp3) is 0.300. The lowest BCUT2D eigenvalue weighted by molar-refractivity contribution is -0.116. The molecule has 0 saturated carbocycles. The third kappa shape index (κ3) is 2.17. The fourth-order valence-corrected chi connectivity index (χ4v) is 2.84. The van der Waals surface area contributed by atoms with Gasteiger partial charge in [-0.2, -0.15) is 0 Å². The number of hydrogen-bond donors (Lipinski definition) is 0. The van der Waals surface area contributed by atoms with Crippen LogP contribution in [0.1, 0.15) is 6.42 Å². The van der Waals surface area contributed by atoms with E-state index in [0.29, 0.717) is 18.7 Å². The second-order valence-electron chi connectivity index (χ2n) is 3.34. The fourth-order valence-electron chi connectivity index (χ4n) is 1.57. The van der Waals surface area contributed by atoms with Crippen LogP contribution in [-0.2, 0) is 4.79 Å². The zero-order valence-electron chi connectivity index (χ0n) is 7.46. The van der Waals surface area contributed by atoms with Crippen molar-refractivity contribution in [2.75, 3.05) is 18.0 Å².